The van der Waals surface area contributed by atoms with Crippen LogP contribution in [-0.4, -0.2) is 43.7 Å². The second-order valence-corrected chi connectivity index (χ2v) is 5.70. The van der Waals surface area contributed by atoms with Crippen LogP contribution in [0.1, 0.15) is 23.5 Å². The number of aromatic nitrogens is 4. The lowest BCUT2D eigenvalue weighted by Crippen LogP contribution is -2.35. The Morgan fingerprint density at radius 2 is 2.24 bits per heavy atom. The smallest absolute Gasteiger partial charge is 0.308 e. The normalized spacial score (nSPS) is 12.3. The predicted octanol–water partition coefficient (Wildman–Crippen LogP) is 0.810. The maximum Gasteiger partial charge on any atom is 0.308 e. The summed E-state index contributed by atoms with van der Waals surface area (Å²) in [6.45, 7) is 3.70. The second-order valence-electron chi connectivity index (χ2n) is 4.79. The summed E-state index contributed by atoms with van der Waals surface area (Å²) in [5.74, 6) is -1.94. The number of rotatable bonds is 6. The molecule has 0 saturated heterocycles. The lowest BCUT2D eigenvalue weighted by Gasteiger charge is -2.16. The standard InChI is InChI=1S/C12H15N5O3S/c1-7(2)8(12(19)20)5-13-11(18)10-9(3-4-21-10)17-6-14-15-16-17/h3-4,6-8H,5H2,1-2H3,(H,13,18)(H,19,20). The SMILES string of the molecule is CC(C)C(CNC(=O)c1sccc1-n1cnnn1)C(=O)O. The van der Waals surface area contributed by atoms with Crippen molar-refractivity contribution in [2.75, 3.05) is 6.54 Å². The van der Waals surface area contributed by atoms with Crippen molar-refractivity contribution in [3.63, 3.8) is 0 Å². The van der Waals surface area contributed by atoms with E-state index in [0.717, 1.165) is 0 Å². The summed E-state index contributed by atoms with van der Waals surface area (Å²) in [6.07, 6.45) is 1.40. The Bertz CT molecular complexity index is 623. The van der Waals surface area contributed by atoms with Gasteiger partial charge in [0.1, 0.15) is 11.2 Å². The summed E-state index contributed by atoms with van der Waals surface area (Å²) in [5, 5.41) is 24.3. The second kappa shape index (κ2) is 6.44. The molecule has 2 aromatic rings. The van der Waals surface area contributed by atoms with Crippen molar-refractivity contribution in [3.05, 3.63) is 22.7 Å². The highest BCUT2D eigenvalue weighted by Crippen LogP contribution is 2.20. The number of carboxylic acid groups (broad SMARTS) is 1. The third kappa shape index (κ3) is 3.43. The molecular formula is C12H15N5O3S. The number of tetrazole rings is 1. The fourth-order valence-corrected chi connectivity index (χ4v) is 2.61. The van der Waals surface area contributed by atoms with Gasteiger partial charge in [-0.15, -0.1) is 16.4 Å². The molecule has 2 rings (SSSR count). The summed E-state index contributed by atoms with van der Waals surface area (Å²) in [5.41, 5.74) is 0.568. The molecule has 2 N–H and O–H groups in total. The molecule has 0 aliphatic rings. The quantitative estimate of drug-likeness (QED) is 0.817. The number of thiophene rings is 1. The van der Waals surface area contributed by atoms with Gasteiger partial charge in [-0.05, 0) is 27.8 Å². The molecule has 2 aromatic heterocycles. The van der Waals surface area contributed by atoms with Gasteiger partial charge in [-0.1, -0.05) is 13.8 Å². The number of carbonyl (C=O) groups is 2. The van der Waals surface area contributed by atoms with E-state index in [1.54, 1.807) is 11.4 Å². The molecule has 21 heavy (non-hydrogen) atoms. The summed E-state index contributed by atoms with van der Waals surface area (Å²) in [7, 11) is 0. The first-order valence-electron chi connectivity index (χ1n) is 6.32. The highest BCUT2D eigenvalue weighted by atomic mass is 32.1. The van der Waals surface area contributed by atoms with Crippen LogP contribution in [0.2, 0.25) is 0 Å². The van der Waals surface area contributed by atoms with E-state index in [-0.39, 0.29) is 18.4 Å². The van der Waals surface area contributed by atoms with Crippen LogP contribution in [-0.2, 0) is 4.79 Å². The van der Waals surface area contributed by atoms with Gasteiger partial charge in [-0.2, -0.15) is 4.68 Å². The monoisotopic (exact) mass is 309 g/mol. The third-order valence-electron chi connectivity index (χ3n) is 3.05. The highest BCUT2D eigenvalue weighted by Gasteiger charge is 2.23. The zero-order chi connectivity index (χ0) is 15.4. The van der Waals surface area contributed by atoms with Gasteiger partial charge >= 0.3 is 5.97 Å². The van der Waals surface area contributed by atoms with E-state index in [0.29, 0.717) is 10.6 Å². The number of carboxylic acids is 1. The van der Waals surface area contributed by atoms with Gasteiger partial charge < -0.3 is 10.4 Å². The Kier molecular flexibility index (Phi) is 4.63. The van der Waals surface area contributed by atoms with Gasteiger partial charge in [-0.3, -0.25) is 9.59 Å². The molecule has 112 valence electrons. The number of nitrogens with one attached hydrogen (secondary N) is 1. The summed E-state index contributed by atoms with van der Waals surface area (Å²) >= 11 is 1.25. The van der Waals surface area contributed by atoms with E-state index in [1.807, 2.05) is 13.8 Å². The first-order valence-corrected chi connectivity index (χ1v) is 7.20. The van der Waals surface area contributed by atoms with Crippen LogP contribution < -0.4 is 5.32 Å². The minimum absolute atomic E-state index is 0.0647. The largest absolute Gasteiger partial charge is 0.481 e. The molecule has 0 bridgehead atoms. The Morgan fingerprint density at radius 1 is 1.48 bits per heavy atom. The van der Waals surface area contributed by atoms with E-state index < -0.39 is 11.9 Å². The number of hydrogen-bond acceptors (Lipinski definition) is 6. The van der Waals surface area contributed by atoms with Crippen molar-refractivity contribution in [1.29, 1.82) is 0 Å². The number of nitrogens with zero attached hydrogens (tertiary/aromatic N) is 4. The van der Waals surface area contributed by atoms with Crippen LogP contribution in [0.3, 0.4) is 0 Å². The Hall–Kier alpha value is -2.29. The molecular weight excluding hydrogens is 294 g/mol. The maximum atomic E-state index is 12.2. The van der Waals surface area contributed by atoms with E-state index in [9.17, 15) is 9.59 Å². The fourth-order valence-electron chi connectivity index (χ4n) is 1.82. The van der Waals surface area contributed by atoms with Crippen molar-refractivity contribution in [1.82, 2.24) is 25.5 Å². The highest BCUT2D eigenvalue weighted by molar-refractivity contribution is 7.12. The fraction of sp³-hybridized carbons (Fsp3) is 0.417. The molecule has 1 unspecified atom stereocenters. The van der Waals surface area contributed by atoms with Crippen LogP contribution in [0.5, 0.6) is 0 Å². The molecule has 0 saturated carbocycles. The lowest BCUT2D eigenvalue weighted by atomic mass is 9.96. The van der Waals surface area contributed by atoms with Gasteiger partial charge in [0.15, 0.2) is 0 Å². The van der Waals surface area contributed by atoms with E-state index >= 15 is 0 Å². The molecule has 0 spiro atoms. The average molecular weight is 309 g/mol. The molecule has 1 atom stereocenters. The molecule has 0 fully saturated rings. The minimum atomic E-state index is -0.919. The van der Waals surface area contributed by atoms with Gasteiger partial charge in [0, 0.05) is 6.54 Å². The molecule has 1 amide bonds. The molecule has 0 aliphatic heterocycles. The molecule has 0 aromatic carbocycles. The van der Waals surface area contributed by atoms with Crippen molar-refractivity contribution >= 4 is 23.2 Å². The first-order chi connectivity index (χ1) is 10.0. The van der Waals surface area contributed by atoms with Gasteiger partial charge in [0.25, 0.3) is 5.91 Å². The first kappa shape index (κ1) is 15.1. The van der Waals surface area contributed by atoms with Crippen molar-refractivity contribution < 1.29 is 14.7 Å². The van der Waals surface area contributed by atoms with Gasteiger partial charge in [0.05, 0.1) is 11.6 Å². The molecule has 8 nitrogen and oxygen atoms in total. The Morgan fingerprint density at radius 3 is 2.81 bits per heavy atom. The summed E-state index contributed by atoms with van der Waals surface area (Å²) < 4.78 is 1.39. The third-order valence-corrected chi connectivity index (χ3v) is 3.95. The number of aliphatic carboxylic acids is 1. The van der Waals surface area contributed by atoms with Crippen molar-refractivity contribution in [2.24, 2.45) is 11.8 Å². The molecule has 2 heterocycles. The molecule has 0 aliphatic carbocycles. The van der Waals surface area contributed by atoms with E-state index in [2.05, 4.69) is 20.8 Å². The maximum absolute atomic E-state index is 12.2. The molecule has 0 radical (unpaired) electrons. The van der Waals surface area contributed by atoms with Crippen LogP contribution in [0.15, 0.2) is 17.8 Å². The Balaban J connectivity index is 2.08. The predicted molar refractivity (Wildman–Crippen MR) is 75.3 cm³/mol. The van der Waals surface area contributed by atoms with E-state index in [4.69, 9.17) is 5.11 Å². The molecule has 9 heteroatoms. The zero-order valence-electron chi connectivity index (χ0n) is 11.6. The summed E-state index contributed by atoms with van der Waals surface area (Å²) in [4.78, 5) is 23.8. The zero-order valence-corrected chi connectivity index (χ0v) is 12.4. The average Bonchev–Trinajstić information content (AvgIpc) is 3.08. The summed E-state index contributed by atoms with van der Waals surface area (Å²) in [6, 6.07) is 1.73. The number of amides is 1. The minimum Gasteiger partial charge on any atom is -0.481 e. The number of carbonyl (C=O) groups excluding carboxylic acids is 1. The van der Waals surface area contributed by atoms with Crippen LogP contribution >= 0.6 is 11.3 Å². The number of hydrogen-bond donors (Lipinski definition) is 2. The topological polar surface area (TPSA) is 110 Å². The van der Waals surface area contributed by atoms with Crippen LogP contribution in [0.4, 0.5) is 0 Å². The van der Waals surface area contributed by atoms with Gasteiger partial charge in [0.2, 0.25) is 0 Å². The van der Waals surface area contributed by atoms with Crippen LogP contribution in [0.25, 0.3) is 5.69 Å². The van der Waals surface area contributed by atoms with Crippen molar-refractivity contribution in [3.8, 4) is 5.69 Å². The van der Waals surface area contributed by atoms with E-state index in [1.165, 1.54) is 22.3 Å². The van der Waals surface area contributed by atoms with Crippen molar-refractivity contribution in [2.45, 2.75) is 13.8 Å². The van der Waals surface area contributed by atoms with Crippen LogP contribution in [0, 0.1) is 11.8 Å². The lowest BCUT2D eigenvalue weighted by molar-refractivity contribution is -0.142. The Labute approximate surface area is 124 Å². The van der Waals surface area contributed by atoms with Gasteiger partial charge in [-0.25, -0.2) is 0 Å².